The molecule has 3 heterocycles. The third-order valence-electron chi connectivity index (χ3n) is 5.63. The van der Waals surface area contributed by atoms with Crippen molar-refractivity contribution in [2.45, 2.75) is 18.7 Å². The van der Waals surface area contributed by atoms with E-state index in [0.29, 0.717) is 17.7 Å². The van der Waals surface area contributed by atoms with Gasteiger partial charge in [-0.25, -0.2) is 9.40 Å². The van der Waals surface area contributed by atoms with Crippen molar-refractivity contribution in [2.75, 3.05) is 6.79 Å². The number of halogens is 2. The third kappa shape index (κ3) is 2.71. The van der Waals surface area contributed by atoms with Crippen LogP contribution in [0.25, 0.3) is 0 Å². The third-order valence-corrected chi connectivity index (χ3v) is 5.94. The highest BCUT2D eigenvalue weighted by atomic mass is 35.5. The molecular formula is C23H16ClFN2O3. The molecule has 0 N–H and O–H groups in total. The smallest absolute Gasteiger partial charge is 0.231 e. The Morgan fingerprint density at radius 2 is 1.83 bits per heavy atom. The summed E-state index contributed by atoms with van der Waals surface area (Å²) >= 11 is 5.88. The molecule has 5 nitrogen and oxygen atoms in total. The predicted molar refractivity (Wildman–Crippen MR) is 110 cm³/mol. The molecule has 0 amide bonds. The van der Waals surface area contributed by atoms with E-state index in [1.54, 1.807) is 12.1 Å². The van der Waals surface area contributed by atoms with Crippen LogP contribution in [0.2, 0.25) is 5.02 Å². The Morgan fingerprint density at radius 1 is 0.967 bits per heavy atom. The highest BCUT2D eigenvalue weighted by molar-refractivity contribution is 6.30. The lowest BCUT2D eigenvalue weighted by Gasteiger charge is -2.38. The first-order valence-electron chi connectivity index (χ1n) is 9.64. The van der Waals surface area contributed by atoms with Crippen LogP contribution in [0.3, 0.4) is 0 Å². The standard InChI is InChI=1S/C23H16ClFN2O3/c24-16-7-5-14(9-17(16)25)23-27-19(15-3-1-2-4-20(15)30-23)11-18(26-27)13-6-8-21-22(10-13)29-12-28-21/h1-10,19,23H,11-12H2/t19-,23+/m0/s1. The second-order valence-electron chi connectivity index (χ2n) is 7.40. The first kappa shape index (κ1) is 17.6. The highest BCUT2D eigenvalue weighted by Crippen LogP contribution is 2.48. The minimum atomic E-state index is -0.553. The Balaban J connectivity index is 1.43. The van der Waals surface area contributed by atoms with Gasteiger partial charge in [-0.3, -0.25) is 0 Å². The monoisotopic (exact) mass is 422 g/mol. The molecule has 7 heteroatoms. The Hall–Kier alpha value is -3.25. The Labute approximate surface area is 177 Å². The van der Waals surface area contributed by atoms with Gasteiger partial charge in [0.15, 0.2) is 11.5 Å². The molecular weight excluding hydrogens is 407 g/mol. The maximum atomic E-state index is 14.2. The van der Waals surface area contributed by atoms with Gasteiger partial charge in [0, 0.05) is 23.1 Å². The van der Waals surface area contributed by atoms with Crippen LogP contribution < -0.4 is 14.2 Å². The number of rotatable bonds is 2. The van der Waals surface area contributed by atoms with Crippen molar-refractivity contribution in [2.24, 2.45) is 5.10 Å². The summed E-state index contributed by atoms with van der Waals surface area (Å²) in [5.74, 6) is 1.75. The second-order valence-corrected chi connectivity index (χ2v) is 7.80. The van der Waals surface area contributed by atoms with Crippen molar-refractivity contribution in [3.8, 4) is 17.2 Å². The zero-order chi connectivity index (χ0) is 20.2. The number of benzene rings is 3. The van der Waals surface area contributed by atoms with E-state index >= 15 is 0 Å². The summed E-state index contributed by atoms with van der Waals surface area (Å²) in [5, 5.41) is 6.88. The topological polar surface area (TPSA) is 43.3 Å². The zero-order valence-corrected chi connectivity index (χ0v) is 16.5. The van der Waals surface area contributed by atoms with E-state index in [9.17, 15) is 4.39 Å². The highest BCUT2D eigenvalue weighted by Gasteiger charge is 2.41. The lowest BCUT2D eigenvalue weighted by Crippen LogP contribution is -2.33. The normalized spacial score (nSPS) is 21.0. The van der Waals surface area contributed by atoms with Crippen molar-refractivity contribution < 1.29 is 18.6 Å². The molecule has 3 aromatic rings. The molecule has 3 aliphatic heterocycles. The molecule has 0 spiro atoms. The summed E-state index contributed by atoms with van der Waals surface area (Å²) < 4.78 is 31.4. The largest absolute Gasteiger partial charge is 0.464 e. The number of hydrazone groups is 1. The maximum absolute atomic E-state index is 14.2. The SMILES string of the molecule is Fc1cc([C@H]2Oc3ccccc3[C@@H]3CC(c4ccc5c(c4)OCO5)=NN23)ccc1Cl. The molecule has 0 aromatic heterocycles. The van der Waals surface area contributed by atoms with E-state index in [-0.39, 0.29) is 17.9 Å². The van der Waals surface area contributed by atoms with E-state index in [1.165, 1.54) is 6.07 Å². The van der Waals surface area contributed by atoms with Gasteiger partial charge < -0.3 is 14.2 Å². The van der Waals surface area contributed by atoms with E-state index in [0.717, 1.165) is 28.3 Å². The number of para-hydroxylation sites is 1. The van der Waals surface area contributed by atoms with Gasteiger partial charge in [0.2, 0.25) is 13.0 Å². The molecule has 0 radical (unpaired) electrons. The van der Waals surface area contributed by atoms with Crippen LogP contribution in [0.4, 0.5) is 4.39 Å². The van der Waals surface area contributed by atoms with Gasteiger partial charge in [-0.05, 0) is 36.4 Å². The molecule has 0 saturated heterocycles. The summed E-state index contributed by atoms with van der Waals surface area (Å²) in [5.41, 5.74) is 3.60. The van der Waals surface area contributed by atoms with Gasteiger partial charge in [-0.2, -0.15) is 5.10 Å². The van der Waals surface area contributed by atoms with Crippen LogP contribution in [0.15, 0.2) is 65.8 Å². The summed E-state index contributed by atoms with van der Waals surface area (Å²) in [6.45, 7) is 0.228. The van der Waals surface area contributed by atoms with Gasteiger partial charge >= 0.3 is 0 Å². The summed E-state index contributed by atoms with van der Waals surface area (Å²) in [6.07, 6.45) is 0.148. The van der Waals surface area contributed by atoms with E-state index in [4.69, 9.17) is 30.9 Å². The van der Waals surface area contributed by atoms with Gasteiger partial charge in [0.05, 0.1) is 16.8 Å². The van der Waals surface area contributed by atoms with Gasteiger partial charge in [0.1, 0.15) is 11.6 Å². The fourth-order valence-electron chi connectivity index (χ4n) is 4.17. The van der Waals surface area contributed by atoms with Crippen molar-refractivity contribution in [1.29, 1.82) is 0 Å². The minimum absolute atomic E-state index is 0.0147. The van der Waals surface area contributed by atoms with Crippen molar-refractivity contribution >= 4 is 17.3 Å². The molecule has 0 unspecified atom stereocenters. The molecule has 30 heavy (non-hydrogen) atoms. The van der Waals surface area contributed by atoms with E-state index < -0.39 is 12.0 Å². The molecule has 0 bridgehead atoms. The first-order chi connectivity index (χ1) is 14.7. The van der Waals surface area contributed by atoms with Crippen LogP contribution in [-0.4, -0.2) is 17.5 Å². The van der Waals surface area contributed by atoms with Crippen LogP contribution >= 0.6 is 11.6 Å². The molecule has 0 fully saturated rings. The van der Waals surface area contributed by atoms with Crippen molar-refractivity contribution in [3.63, 3.8) is 0 Å². The number of hydrogen-bond donors (Lipinski definition) is 0. The van der Waals surface area contributed by atoms with Gasteiger partial charge in [-0.15, -0.1) is 0 Å². The molecule has 0 saturated carbocycles. The van der Waals surface area contributed by atoms with Crippen molar-refractivity contribution in [3.05, 3.63) is 88.2 Å². The first-order valence-corrected chi connectivity index (χ1v) is 10.0. The maximum Gasteiger partial charge on any atom is 0.231 e. The van der Waals surface area contributed by atoms with Gasteiger partial charge in [-0.1, -0.05) is 35.9 Å². The Kier molecular flexibility index (Phi) is 3.89. The fraction of sp³-hybridized carbons (Fsp3) is 0.174. The minimum Gasteiger partial charge on any atom is -0.464 e. The fourth-order valence-corrected chi connectivity index (χ4v) is 4.29. The number of ether oxygens (including phenoxy) is 3. The molecule has 2 atom stereocenters. The summed E-state index contributed by atoms with van der Waals surface area (Å²) in [7, 11) is 0. The Morgan fingerprint density at radius 3 is 2.73 bits per heavy atom. The second kappa shape index (κ2) is 6.64. The summed E-state index contributed by atoms with van der Waals surface area (Å²) in [4.78, 5) is 0. The quantitative estimate of drug-likeness (QED) is 0.550. The molecule has 6 rings (SSSR count). The average Bonchev–Trinajstić information content (AvgIpc) is 3.42. The molecule has 150 valence electrons. The number of hydrogen-bond acceptors (Lipinski definition) is 5. The average molecular weight is 423 g/mol. The molecule has 0 aliphatic carbocycles. The molecule has 3 aliphatic rings. The predicted octanol–water partition coefficient (Wildman–Crippen LogP) is 5.45. The van der Waals surface area contributed by atoms with Crippen molar-refractivity contribution in [1.82, 2.24) is 5.01 Å². The Bertz CT molecular complexity index is 1200. The van der Waals surface area contributed by atoms with Crippen LogP contribution in [0.1, 0.15) is 35.4 Å². The lowest BCUT2D eigenvalue weighted by atomic mass is 9.96. The van der Waals surface area contributed by atoms with E-state index in [2.05, 4.69) is 0 Å². The summed E-state index contributed by atoms with van der Waals surface area (Å²) in [6, 6.07) is 18.4. The van der Waals surface area contributed by atoms with E-state index in [1.807, 2.05) is 47.5 Å². The zero-order valence-electron chi connectivity index (χ0n) is 15.7. The van der Waals surface area contributed by atoms with Crippen LogP contribution in [0, 0.1) is 5.82 Å². The molecule has 3 aromatic carbocycles. The van der Waals surface area contributed by atoms with Gasteiger partial charge in [0.25, 0.3) is 0 Å². The van der Waals surface area contributed by atoms with Crippen LogP contribution in [-0.2, 0) is 0 Å². The van der Waals surface area contributed by atoms with Crippen LogP contribution in [0.5, 0.6) is 17.2 Å². The lowest BCUT2D eigenvalue weighted by molar-refractivity contribution is -0.0192. The number of nitrogens with zero attached hydrogens (tertiary/aromatic N) is 2. The number of fused-ring (bicyclic) bond motifs is 4.